The van der Waals surface area contributed by atoms with Crippen molar-refractivity contribution in [3.8, 4) is 17.2 Å². The van der Waals surface area contributed by atoms with Crippen molar-refractivity contribution in [1.29, 1.82) is 0 Å². The van der Waals surface area contributed by atoms with Crippen LogP contribution in [0.15, 0.2) is 66.9 Å². The number of aryl methyl sites for hydroxylation is 1. The summed E-state index contributed by atoms with van der Waals surface area (Å²) >= 11 is 0. The van der Waals surface area contributed by atoms with Crippen LogP contribution in [0.2, 0.25) is 0 Å². The maximum atomic E-state index is 15.3. The van der Waals surface area contributed by atoms with Gasteiger partial charge in [-0.05, 0) is 111 Å². The van der Waals surface area contributed by atoms with E-state index < -0.39 is 28.9 Å². The molecule has 8 nitrogen and oxygen atoms in total. The van der Waals surface area contributed by atoms with Gasteiger partial charge in [-0.25, -0.2) is 8.78 Å². The first-order valence-corrected chi connectivity index (χ1v) is 16.2. The maximum Gasteiger partial charge on any atom is 0.240 e. The first kappa shape index (κ1) is 33.8. The molecule has 2 N–H and O–H groups in total. The molecule has 0 radical (unpaired) electrons. The Morgan fingerprint density at radius 2 is 1.57 bits per heavy atom. The van der Waals surface area contributed by atoms with Gasteiger partial charge in [0.15, 0.2) is 11.6 Å². The van der Waals surface area contributed by atoms with Crippen molar-refractivity contribution >= 4 is 34.1 Å². The number of aromatic nitrogens is 1. The molecule has 1 aromatic heterocycles. The number of benzene rings is 3. The molecular formula is C37H42F2N4O4. The van der Waals surface area contributed by atoms with Gasteiger partial charge in [0.05, 0.1) is 12.6 Å². The van der Waals surface area contributed by atoms with Gasteiger partial charge in [-0.1, -0.05) is 27.2 Å². The number of carbonyl (C=O) groups excluding carboxylic acids is 2. The average Bonchev–Trinajstić information content (AvgIpc) is 3.77. The topological polar surface area (TPSA) is 92.8 Å². The van der Waals surface area contributed by atoms with E-state index in [1.54, 1.807) is 26.3 Å². The predicted octanol–water partition coefficient (Wildman–Crippen LogP) is 7.97. The minimum absolute atomic E-state index is 0.0321. The monoisotopic (exact) mass is 644 g/mol. The van der Waals surface area contributed by atoms with Crippen molar-refractivity contribution in [3.05, 3.63) is 84.1 Å². The van der Waals surface area contributed by atoms with E-state index in [0.29, 0.717) is 28.8 Å². The van der Waals surface area contributed by atoms with Crippen LogP contribution in [0.1, 0.15) is 52.0 Å². The van der Waals surface area contributed by atoms with Crippen molar-refractivity contribution in [1.82, 2.24) is 9.88 Å². The number of hydrogen-bond donors (Lipinski definition) is 2. The van der Waals surface area contributed by atoms with Gasteiger partial charge in [0, 0.05) is 29.0 Å². The van der Waals surface area contributed by atoms with E-state index in [-0.39, 0.29) is 17.4 Å². The molecule has 1 saturated carbocycles. The summed E-state index contributed by atoms with van der Waals surface area (Å²) in [6.45, 7) is 9.40. The molecular weight excluding hydrogens is 602 g/mol. The van der Waals surface area contributed by atoms with Gasteiger partial charge < -0.3 is 25.0 Å². The fraction of sp³-hybridized carbons (Fsp3) is 0.378. The third-order valence-corrected chi connectivity index (χ3v) is 9.05. The van der Waals surface area contributed by atoms with Crippen LogP contribution in [-0.2, 0) is 16.0 Å². The highest BCUT2D eigenvalue weighted by molar-refractivity contribution is 6.17. The van der Waals surface area contributed by atoms with Crippen LogP contribution in [0.3, 0.4) is 0 Å². The van der Waals surface area contributed by atoms with Gasteiger partial charge in [0.25, 0.3) is 0 Å². The van der Waals surface area contributed by atoms with Crippen LogP contribution in [0.5, 0.6) is 17.2 Å². The number of methoxy groups -OCH3 is 1. The van der Waals surface area contributed by atoms with Crippen LogP contribution in [0.25, 0.3) is 10.9 Å². The Balaban J connectivity index is 1.25. The molecule has 0 saturated heterocycles. The molecule has 1 aliphatic rings. The Hall–Kier alpha value is -4.57. The molecule has 1 fully saturated rings. The Morgan fingerprint density at radius 1 is 0.894 bits per heavy atom. The normalized spacial score (nSPS) is 17.0. The number of amides is 2. The lowest BCUT2D eigenvalue weighted by Crippen LogP contribution is -2.37. The number of pyridine rings is 1. The largest absolute Gasteiger partial charge is 0.496 e. The van der Waals surface area contributed by atoms with E-state index in [1.165, 1.54) is 36.4 Å². The number of unbranched alkanes of at least 4 members (excludes halogenated alkanes) is 2. The van der Waals surface area contributed by atoms with E-state index in [4.69, 9.17) is 9.47 Å². The zero-order valence-electron chi connectivity index (χ0n) is 27.4. The lowest BCUT2D eigenvalue weighted by atomic mass is 10.0. The highest BCUT2D eigenvalue weighted by Crippen LogP contribution is 2.53. The molecule has 0 aliphatic heterocycles. The Bertz CT molecular complexity index is 1730. The van der Waals surface area contributed by atoms with E-state index >= 15 is 4.39 Å². The maximum absolute atomic E-state index is 15.3. The number of halogens is 2. The number of hydrogen-bond acceptors (Lipinski definition) is 6. The van der Waals surface area contributed by atoms with Crippen molar-refractivity contribution in [2.45, 2.75) is 52.9 Å². The quantitative estimate of drug-likeness (QED) is 0.101. The average molecular weight is 645 g/mol. The van der Waals surface area contributed by atoms with Crippen LogP contribution in [0.4, 0.5) is 20.2 Å². The summed E-state index contributed by atoms with van der Waals surface area (Å²) in [5.74, 6) is -1.26. The first-order valence-electron chi connectivity index (χ1n) is 16.2. The Morgan fingerprint density at radius 3 is 2.21 bits per heavy atom. The predicted molar refractivity (Wildman–Crippen MR) is 180 cm³/mol. The molecule has 5 rings (SSSR count). The number of nitrogens with one attached hydrogen (secondary N) is 2. The van der Waals surface area contributed by atoms with E-state index in [1.807, 2.05) is 12.1 Å². The summed E-state index contributed by atoms with van der Waals surface area (Å²) in [6, 6.07) is 15.0. The van der Waals surface area contributed by atoms with Gasteiger partial charge in [-0.3, -0.25) is 14.6 Å². The van der Waals surface area contributed by atoms with Gasteiger partial charge in [-0.15, -0.1) is 0 Å². The lowest BCUT2D eigenvalue weighted by molar-refractivity contribution is -0.131. The number of fused-ring (bicyclic) bond motifs is 1. The third kappa shape index (κ3) is 7.71. The fourth-order valence-electron chi connectivity index (χ4n) is 5.99. The van der Waals surface area contributed by atoms with Crippen LogP contribution in [0, 0.1) is 23.0 Å². The SMILES string of the molecule is CCN(CC)CCCCCc1cc2nccc(Oc3ccc(NC(=O)[C@]4(C(=O)Nc5ccc(F)cc5)C[C@H]4C)cc3F)c2cc1OC. The number of anilines is 2. The second-order valence-electron chi connectivity index (χ2n) is 12.1. The van der Waals surface area contributed by atoms with Gasteiger partial charge in [0.1, 0.15) is 22.7 Å². The standard InChI is InChI=1S/C37H42F2N4O4/c1-5-43(6-2)19-9-7-8-10-25-20-31-29(22-34(25)46-4)32(17-18-40-31)47-33-16-15-28(21-30(33)39)42-36(45)37(23-24(37)3)35(44)41-27-13-11-26(38)12-14-27/h11-18,20-22,24H,5-10,19,23H2,1-4H3,(H,41,44)(H,42,45)/t24-,37-/m1/s1. The van der Waals surface area contributed by atoms with Crippen LogP contribution >= 0.6 is 0 Å². The van der Waals surface area contributed by atoms with Gasteiger partial charge >= 0.3 is 0 Å². The summed E-state index contributed by atoms with van der Waals surface area (Å²) in [7, 11) is 1.63. The molecule has 2 amide bonds. The van der Waals surface area contributed by atoms with Crippen molar-refractivity contribution in [2.75, 3.05) is 37.4 Å². The summed E-state index contributed by atoms with van der Waals surface area (Å²) in [5, 5.41) is 6.06. The molecule has 248 valence electrons. The second kappa shape index (κ2) is 14.9. The summed E-state index contributed by atoms with van der Waals surface area (Å²) in [6.07, 6.45) is 6.12. The van der Waals surface area contributed by atoms with E-state index in [9.17, 15) is 14.0 Å². The minimum Gasteiger partial charge on any atom is -0.496 e. The van der Waals surface area contributed by atoms with E-state index in [0.717, 1.165) is 62.7 Å². The first-order chi connectivity index (χ1) is 22.7. The van der Waals surface area contributed by atoms with Crippen LogP contribution in [-0.4, -0.2) is 48.4 Å². The molecule has 4 aromatic rings. The van der Waals surface area contributed by atoms with Gasteiger partial charge in [0.2, 0.25) is 11.8 Å². The van der Waals surface area contributed by atoms with E-state index in [2.05, 4.69) is 34.4 Å². The fourth-order valence-corrected chi connectivity index (χ4v) is 5.99. The highest BCUT2D eigenvalue weighted by atomic mass is 19.1. The van der Waals surface area contributed by atoms with Gasteiger partial charge in [-0.2, -0.15) is 0 Å². The molecule has 47 heavy (non-hydrogen) atoms. The molecule has 0 unspecified atom stereocenters. The molecule has 3 aromatic carbocycles. The smallest absolute Gasteiger partial charge is 0.240 e. The minimum atomic E-state index is -1.31. The number of rotatable bonds is 15. The summed E-state index contributed by atoms with van der Waals surface area (Å²) < 4.78 is 40.3. The summed E-state index contributed by atoms with van der Waals surface area (Å²) in [4.78, 5) is 33.3. The van der Waals surface area contributed by atoms with Crippen molar-refractivity contribution in [2.24, 2.45) is 11.3 Å². The second-order valence-corrected chi connectivity index (χ2v) is 12.1. The zero-order valence-corrected chi connectivity index (χ0v) is 27.4. The Kier molecular flexibility index (Phi) is 10.7. The lowest BCUT2D eigenvalue weighted by Gasteiger charge is -2.18. The molecule has 0 bridgehead atoms. The molecule has 0 spiro atoms. The molecule has 1 aliphatic carbocycles. The van der Waals surface area contributed by atoms with Crippen molar-refractivity contribution < 1.29 is 27.8 Å². The molecule has 2 atom stereocenters. The van der Waals surface area contributed by atoms with Crippen molar-refractivity contribution in [3.63, 3.8) is 0 Å². The molecule has 10 heteroatoms. The Labute approximate surface area is 274 Å². The number of ether oxygens (including phenoxy) is 2. The summed E-state index contributed by atoms with van der Waals surface area (Å²) in [5.41, 5.74) is 1.05. The number of nitrogens with zero attached hydrogens (tertiary/aromatic N) is 2. The molecule has 1 heterocycles. The third-order valence-electron chi connectivity index (χ3n) is 9.05. The highest BCUT2D eigenvalue weighted by Gasteiger charge is 2.63. The zero-order chi connectivity index (χ0) is 33.6. The van der Waals surface area contributed by atoms with Crippen LogP contribution < -0.4 is 20.1 Å². The number of carbonyl (C=O) groups is 2.